The van der Waals surface area contributed by atoms with Crippen molar-refractivity contribution in [3.8, 4) is 24.7 Å². The van der Waals surface area contributed by atoms with Gasteiger partial charge in [0.1, 0.15) is 0 Å². The SMILES string of the molecule is [2H]C([2H])(C#C)N(C)C(CO)Cc1ccccc1.[2H]C([2H])(C#C)N(C)CC(Cl)Cc1ccccc1. The van der Waals surface area contributed by atoms with Gasteiger partial charge in [0.2, 0.25) is 0 Å². The van der Waals surface area contributed by atoms with E-state index < -0.39 is 13.0 Å². The molecule has 0 aliphatic heterocycles. The summed E-state index contributed by atoms with van der Waals surface area (Å²) in [5, 5.41) is 9.18. The molecule has 0 aromatic heterocycles. The van der Waals surface area contributed by atoms with Gasteiger partial charge in [0.25, 0.3) is 0 Å². The first-order chi connectivity index (χ1) is 16.0. The molecule has 2 rings (SSSR count). The first-order valence-corrected chi connectivity index (χ1v) is 10.1. The standard InChI is InChI=1S/C13H16ClN.C13H17NO/c1-3-9-15(2)11-13(14)10-12-7-5-4-6-8-12;1-3-9-14(2)13(11-15)10-12-7-5-4-6-8-12/h1,4-8,13H,9-11H2,2H3;1,4-8,13,15H,9-11H2,2H3/i2*9D2. The highest BCUT2D eigenvalue weighted by Gasteiger charge is 2.13. The maximum atomic E-state index is 9.34. The zero-order chi connectivity index (χ0) is 25.8. The predicted molar refractivity (Wildman–Crippen MR) is 129 cm³/mol. The van der Waals surface area contributed by atoms with Gasteiger partial charge in [-0.15, -0.1) is 24.4 Å². The molecule has 0 fully saturated rings. The molecule has 0 spiro atoms. The molecule has 2 aromatic rings. The first-order valence-electron chi connectivity index (χ1n) is 11.7. The van der Waals surface area contributed by atoms with E-state index >= 15 is 0 Å². The topological polar surface area (TPSA) is 26.7 Å². The van der Waals surface area contributed by atoms with E-state index in [9.17, 15) is 5.11 Å². The molecule has 2 aromatic carbocycles. The van der Waals surface area contributed by atoms with Crippen LogP contribution in [0.15, 0.2) is 60.7 Å². The first kappa shape index (κ1) is 19.7. The molecule has 0 heterocycles. The number of benzene rings is 2. The Bertz CT molecular complexity index is 929. The molecule has 0 saturated heterocycles. The molecule has 0 aliphatic carbocycles. The third-order valence-electron chi connectivity index (χ3n) is 4.34. The number of halogens is 1. The van der Waals surface area contributed by atoms with Crippen LogP contribution in [-0.4, -0.2) is 66.6 Å². The Balaban J connectivity index is 0.000000340. The molecule has 1 N–H and O–H groups in total. The molecular weight excluding hydrogens is 392 g/mol. The molecular formula is C26H33ClN2O. The van der Waals surface area contributed by atoms with Gasteiger partial charge in [0.15, 0.2) is 0 Å². The van der Waals surface area contributed by atoms with Gasteiger partial charge in [0.05, 0.1) is 30.5 Å². The largest absolute Gasteiger partial charge is 0.395 e. The number of aliphatic hydroxyl groups is 1. The third-order valence-corrected chi connectivity index (χ3v) is 4.63. The van der Waals surface area contributed by atoms with Gasteiger partial charge >= 0.3 is 0 Å². The molecule has 0 amide bonds. The summed E-state index contributed by atoms with van der Waals surface area (Å²) in [6.07, 6.45) is 11.5. The van der Waals surface area contributed by atoms with Crippen molar-refractivity contribution in [2.75, 3.05) is 40.2 Å². The number of rotatable bonds is 10. The maximum Gasteiger partial charge on any atom is 0.0599 e. The predicted octanol–water partition coefficient (Wildman–Crippen LogP) is 3.56. The Labute approximate surface area is 193 Å². The molecule has 30 heavy (non-hydrogen) atoms. The summed E-state index contributed by atoms with van der Waals surface area (Å²) in [4.78, 5) is 2.84. The molecule has 0 radical (unpaired) electrons. The van der Waals surface area contributed by atoms with Crippen LogP contribution in [0.1, 0.15) is 16.6 Å². The van der Waals surface area contributed by atoms with Gasteiger partial charge in [0, 0.05) is 12.6 Å². The minimum atomic E-state index is -1.85. The second-order valence-corrected chi connectivity index (χ2v) is 7.43. The average Bonchev–Trinajstić information content (AvgIpc) is 2.83. The summed E-state index contributed by atoms with van der Waals surface area (Å²) in [5.41, 5.74) is 2.19. The van der Waals surface area contributed by atoms with Crippen molar-refractivity contribution >= 4 is 11.6 Å². The molecule has 3 nitrogen and oxygen atoms in total. The highest BCUT2D eigenvalue weighted by Crippen LogP contribution is 2.09. The zero-order valence-corrected chi connectivity index (χ0v) is 18.4. The van der Waals surface area contributed by atoms with Gasteiger partial charge in [-0.05, 0) is 38.1 Å². The summed E-state index contributed by atoms with van der Waals surface area (Å²) in [7, 11) is 3.23. The zero-order valence-electron chi connectivity index (χ0n) is 21.6. The van der Waals surface area contributed by atoms with E-state index in [1.165, 1.54) is 9.80 Å². The van der Waals surface area contributed by atoms with Crippen molar-refractivity contribution in [2.45, 2.75) is 24.3 Å². The van der Waals surface area contributed by atoms with Crippen LogP contribution in [-0.2, 0) is 12.8 Å². The Kier molecular flexibility index (Phi) is 10.2. The Morgan fingerprint density at radius 2 is 1.43 bits per heavy atom. The van der Waals surface area contributed by atoms with E-state index in [1.54, 1.807) is 14.1 Å². The second-order valence-electron chi connectivity index (χ2n) is 6.82. The molecule has 4 heteroatoms. The van der Waals surface area contributed by atoms with Crippen LogP contribution in [0, 0.1) is 24.7 Å². The van der Waals surface area contributed by atoms with Gasteiger partial charge in [-0.1, -0.05) is 72.5 Å². The van der Waals surface area contributed by atoms with E-state index in [1.807, 2.05) is 60.7 Å². The summed E-state index contributed by atoms with van der Waals surface area (Å²) >= 11 is 6.20. The fourth-order valence-corrected chi connectivity index (χ4v) is 3.18. The lowest BCUT2D eigenvalue weighted by molar-refractivity contribution is 0.158. The van der Waals surface area contributed by atoms with Crippen molar-refractivity contribution in [2.24, 2.45) is 0 Å². The molecule has 2 atom stereocenters. The normalized spacial score (nSPS) is 15.3. The van der Waals surface area contributed by atoms with Crippen molar-refractivity contribution in [1.29, 1.82) is 0 Å². The van der Waals surface area contributed by atoms with Gasteiger partial charge < -0.3 is 5.11 Å². The lowest BCUT2D eigenvalue weighted by Crippen LogP contribution is -2.36. The number of aliphatic hydroxyl groups excluding tert-OH is 1. The van der Waals surface area contributed by atoms with Crippen molar-refractivity contribution in [1.82, 2.24) is 9.80 Å². The fraction of sp³-hybridized carbons (Fsp3) is 0.385. The summed E-state index contributed by atoms with van der Waals surface area (Å²) in [5.74, 6) is 4.20. The van der Waals surface area contributed by atoms with E-state index in [-0.39, 0.29) is 18.0 Å². The maximum absolute atomic E-state index is 9.34. The highest BCUT2D eigenvalue weighted by molar-refractivity contribution is 6.20. The Morgan fingerprint density at radius 3 is 1.90 bits per heavy atom. The van der Waals surface area contributed by atoms with Crippen LogP contribution in [0.25, 0.3) is 0 Å². The van der Waals surface area contributed by atoms with E-state index in [0.29, 0.717) is 19.4 Å². The molecule has 160 valence electrons. The monoisotopic (exact) mass is 428 g/mol. The molecule has 2 unspecified atom stereocenters. The summed E-state index contributed by atoms with van der Waals surface area (Å²) < 4.78 is 30.4. The number of nitrogens with zero attached hydrogens (tertiary/aromatic N) is 2. The van der Waals surface area contributed by atoms with Crippen LogP contribution in [0.2, 0.25) is 0 Å². The van der Waals surface area contributed by atoms with Crippen LogP contribution in [0.3, 0.4) is 0 Å². The van der Waals surface area contributed by atoms with Crippen LogP contribution >= 0.6 is 11.6 Å². The minimum Gasteiger partial charge on any atom is -0.395 e. The summed E-state index contributed by atoms with van der Waals surface area (Å²) in [6.45, 7) is -3.31. The lowest BCUT2D eigenvalue weighted by Gasteiger charge is -2.24. The van der Waals surface area contributed by atoms with Crippen LogP contribution in [0.4, 0.5) is 0 Å². The summed E-state index contributed by atoms with van der Waals surface area (Å²) in [6, 6.07) is 19.2. The van der Waals surface area contributed by atoms with E-state index in [0.717, 1.165) is 11.1 Å². The fourth-order valence-electron chi connectivity index (χ4n) is 2.79. The minimum absolute atomic E-state index is 0.132. The molecule has 0 saturated carbocycles. The number of hydrogen-bond donors (Lipinski definition) is 1. The van der Waals surface area contributed by atoms with Crippen molar-refractivity contribution < 1.29 is 10.6 Å². The number of terminal acetylenes is 2. The third kappa shape index (κ3) is 11.1. The number of hydrogen-bond acceptors (Lipinski definition) is 3. The van der Waals surface area contributed by atoms with Crippen LogP contribution < -0.4 is 0 Å². The average molecular weight is 429 g/mol. The van der Waals surface area contributed by atoms with Crippen molar-refractivity contribution in [3.63, 3.8) is 0 Å². The quantitative estimate of drug-likeness (QED) is 0.463. The van der Waals surface area contributed by atoms with E-state index in [4.69, 9.17) is 29.9 Å². The van der Waals surface area contributed by atoms with Gasteiger partial charge in [-0.25, -0.2) is 0 Å². The molecule has 0 aliphatic rings. The van der Waals surface area contributed by atoms with E-state index in [2.05, 4.69) is 11.8 Å². The number of likely N-dealkylation sites (N-methyl/N-ethyl adjacent to an activating group) is 1. The van der Waals surface area contributed by atoms with Gasteiger partial charge in [-0.2, -0.15) is 0 Å². The second kappa shape index (κ2) is 15.6. The van der Waals surface area contributed by atoms with Gasteiger partial charge in [-0.3, -0.25) is 9.80 Å². The van der Waals surface area contributed by atoms with Crippen LogP contribution in [0.5, 0.6) is 0 Å². The van der Waals surface area contributed by atoms with Crippen molar-refractivity contribution in [3.05, 3.63) is 71.8 Å². The Hall–Kier alpha value is -2.27. The Morgan fingerprint density at radius 1 is 0.933 bits per heavy atom. The lowest BCUT2D eigenvalue weighted by atomic mass is 10.1. The highest BCUT2D eigenvalue weighted by atomic mass is 35.5. The smallest absolute Gasteiger partial charge is 0.0599 e. The molecule has 0 bridgehead atoms. The number of alkyl halides is 1.